The standard InChI is InChI=1S/C45H80O14/c1-3-5-7-9-11-13-15-16-17-18-19-20-22-24-26-28-37(47)57-34(31-54-29-27-25-23-21-14-12-10-8-6-4-2)32-55-44-43(53)41(51)39(49)36(59-44)33-56-45-42(52)40(50)38(48)35(30-46)58-45/h5,7,11,13,16-17,34-36,38-46,48-53H,3-4,6,8-10,12,14-15,18-33H2,1-2H3/b7-5-,13-11-,17-16-. The first-order valence-electron chi connectivity index (χ1n) is 22.6. The van der Waals surface area contributed by atoms with Crippen LogP contribution in [0.5, 0.6) is 0 Å². The average Bonchev–Trinajstić information content (AvgIpc) is 3.23. The molecule has 7 N–H and O–H groups in total. The van der Waals surface area contributed by atoms with E-state index in [1.807, 2.05) is 0 Å². The van der Waals surface area contributed by atoms with Crippen LogP contribution in [0.4, 0.5) is 0 Å². The lowest BCUT2D eigenvalue weighted by molar-refractivity contribution is -0.332. The van der Waals surface area contributed by atoms with E-state index in [4.69, 9.17) is 28.4 Å². The highest BCUT2D eigenvalue weighted by Gasteiger charge is 2.47. The molecule has 2 aliphatic heterocycles. The van der Waals surface area contributed by atoms with E-state index < -0.39 is 86.7 Å². The Morgan fingerprint density at radius 1 is 0.576 bits per heavy atom. The first-order chi connectivity index (χ1) is 28.6. The van der Waals surface area contributed by atoms with Gasteiger partial charge in [-0.25, -0.2) is 0 Å². The van der Waals surface area contributed by atoms with E-state index in [9.17, 15) is 40.5 Å². The molecule has 0 amide bonds. The zero-order chi connectivity index (χ0) is 43.1. The van der Waals surface area contributed by atoms with Crippen molar-refractivity contribution in [1.82, 2.24) is 0 Å². The summed E-state index contributed by atoms with van der Waals surface area (Å²) in [6, 6.07) is 0. The summed E-state index contributed by atoms with van der Waals surface area (Å²) in [4.78, 5) is 12.9. The fourth-order valence-corrected chi connectivity index (χ4v) is 6.94. The maximum absolute atomic E-state index is 12.9. The van der Waals surface area contributed by atoms with Crippen molar-refractivity contribution in [3.05, 3.63) is 36.5 Å². The Labute approximate surface area is 353 Å². The van der Waals surface area contributed by atoms with Crippen LogP contribution in [0.25, 0.3) is 0 Å². The number of hydrogen-bond acceptors (Lipinski definition) is 14. The van der Waals surface area contributed by atoms with Crippen LogP contribution in [0.1, 0.15) is 142 Å². The number of unbranched alkanes of at least 4 members (excludes halogenated alkanes) is 14. The Morgan fingerprint density at radius 3 is 1.73 bits per heavy atom. The van der Waals surface area contributed by atoms with Crippen molar-refractivity contribution < 1.29 is 69.0 Å². The second-order valence-corrected chi connectivity index (χ2v) is 15.8. The fourth-order valence-electron chi connectivity index (χ4n) is 6.94. The maximum Gasteiger partial charge on any atom is 0.306 e. The second-order valence-electron chi connectivity index (χ2n) is 15.8. The van der Waals surface area contributed by atoms with Crippen LogP contribution in [-0.2, 0) is 33.2 Å². The molecule has 14 nitrogen and oxygen atoms in total. The summed E-state index contributed by atoms with van der Waals surface area (Å²) in [7, 11) is 0. The van der Waals surface area contributed by atoms with Crippen LogP contribution < -0.4 is 0 Å². The number of carbonyl (C=O) groups excluding carboxylic acids is 1. The van der Waals surface area contributed by atoms with E-state index in [-0.39, 0.29) is 19.6 Å². The zero-order valence-electron chi connectivity index (χ0n) is 36.0. The normalized spacial score (nSPS) is 28.3. The summed E-state index contributed by atoms with van der Waals surface area (Å²) >= 11 is 0. The molecule has 2 fully saturated rings. The molecule has 2 saturated heterocycles. The first-order valence-corrected chi connectivity index (χ1v) is 22.6. The molecule has 14 heteroatoms. The third-order valence-electron chi connectivity index (χ3n) is 10.7. The molecule has 0 saturated carbocycles. The van der Waals surface area contributed by atoms with Gasteiger partial charge in [0.05, 0.1) is 26.4 Å². The highest BCUT2D eigenvalue weighted by molar-refractivity contribution is 5.69. The summed E-state index contributed by atoms with van der Waals surface area (Å²) in [6.45, 7) is 3.52. The van der Waals surface area contributed by atoms with Crippen molar-refractivity contribution in [3.8, 4) is 0 Å². The van der Waals surface area contributed by atoms with Gasteiger partial charge in [0, 0.05) is 13.0 Å². The molecule has 2 heterocycles. The van der Waals surface area contributed by atoms with Gasteiger partial charge in [-0.1, -0.05) is 127 Å². The molecule has 0 bridgehead atoms. The van der Waals surface area contributed by atoms with Crippen LogP contribution >= 0.6 is 0 Å². The van der Waals surface area contributed by atoms with Crippen molar-refractivity contribution in [2.24, 2.45) is 0 Å². The van der Waals surface area contributed by atoms with E-state index in [0.29, 0.717) is 13.0 Å². The number of hydrogen-bond donors (Lipinski definition) is 7. The number of carbonyl (C=O) groups is 1. The summed E-state index contributed by atoms with van der Waals surface area (Å²) in [5.41, 5.74) is 0. The molecule has 0 spiro atoms. The van der Waals surface area contributed by atoms with E-state index in [0.717, 1.165) is 70.6 Å². The quantitative estimate of drug-likeness (QED) is 0.0256. The van der Waals surface area contributed by atoms with Crippen LogP contribution in [-0.4, -0.2) is 142 Å². The van der Waals surface area contributed by atoms with Gasteiger partial charge in [0.25, 0.3) is 0 Å². The topological polar surface area (TPSA) is 214 Å². The fraction of sp³-hybridized carbons (Fsp3) is 0.844. The Morgan fingerprint density at radius 2 is 1.10 bits per heavy atom. The highest BCUT2D eigenvalue weighted by Crippen LogP contribution is 2.26. The molecule has 59 heavy (non-hydrogen) atoms. The van der Waals surface area contributed by atoms with Crippen LogP contribution in [0.2, 0.25) is 0 Å². The number of esters is 1. The lowest BCUT2D eigenvalue weighted by Gasteiger charge is -2.42. The van der Waals surface area contributed by atoms with Gasteiger partial charge in [0.1, 0.15) is 54.9 Å². The molecule has 0 radical (unpaired) electrons. The third kappa shape index (κ3) is 22.8. The number of rotatable bonds is 34. The largest absolute Gasteiger partial charge is 0.457 e. The Balaban J connectivity index is 1.82. The molecular formula is C45H80O14. The minimum Gasteiger partial charge on any atom is -0.457 e. The summed E-state index contributed by atoms with van der Waals surface area (Å²) in [6.07, 6.45) is 17.9. The monoisotopic (exact) mass is 845 g/mol. The molecular weight excluding hydrogens is 764 g/mol. The lowest BCUT2D eigenvalue weighted by atomic mass is 9.98. The molecule has 344 valence electrons. The molecule has 0 aliphatic carbocycles. The molecule has 11 unspecified atom stereocenters. The van der Waals surface area contributed by atoms with Gasteiger partial charge in [0.15, 0.2) is 12.6 Å². The Kier molecular flexibility index (Phi) is 30.6. The van der Waals surface area contributed by atoms with Gasteiger partial charge in [-0.15, -0.1) is 0 Å². The minimum atomic E-state index is -1.71. The number of ether oxygens (including phenoxy) is 6. The predicted octanol–water partition coefficient (Wildman–Crippen LogP) is 5.07. The molecule has 0 aromatic carbocycles. The van der Waals surface area contributed by atoms with E-state index in [1.54, 1.807) is 0 Å². The SMILES string of the molecule is CC/C=C\C/C=C\C/C=C\CCCCCCCC(=O)OC(COCCCCCCCCCCCC)COC1OC(COC2OC(CO)C(O)C(O)C2O)C(O)C(O)C1O. The van der Waals surface area contributed by atoms with Gasteiger partial charge in [0.2, 0.25) is 0 Å². The summed E-state index contributed by atoms with van der Waals surface area (Å²) < 4.78 is 34.1. The van der Waals surface area contributed by atoms with Gasteiger partial charge in [-0.2, -0.15) is 0 Å². The van der Waals surface area contributed by atoms with Crippen molar-refractivity contribution >= 4 is 5.97 Å². The number of aliphatic hydroxyl groups is 7. The van der Waals surface area contributed by atoms with Crippen molar-refractivity contribution in [3.63, 3.8) is 0 Å². The van der Waals surface area contributed by atoms with E-state index in [1.165, 1.54) is 44.9 Å². The van der Waals surface area contributed by atoms with Crippen LogP contribution in [0, 0.1) is 0 Å². The predicted molar refractivity (Wildman–Crippen MR) is 224 cm³/mol. The highest BCUT2D eigenvalue weighted by atomic mass is 16.7. The van der Waals surface area contributed by atoms with Crippen LogP contribution in [0.3, 0.4) is 0 Å². The third-order valence-corrected chi connectivity index (χ3v) is 10.7. The van der Waals surface area contributed by atoms with Crippen LogP contribution in [0.15, 0.2) is 36.5 Å². The summed E-state index contributed by atoms with van der Waals surface area (Å²) in [5.74, 6) is -0.395. The first kappa shape index (κ1) is 53.3. The minimum absolute atomic E-state index is 0.0556. The Hall–Kier alpha value is -1.79. The van der Waals surface area contributed by atoms with E-state index in [2.05, 4.69) is 50.3 Å². The second kappa shape index (κ2) is 33.8. The molecule has 0 aromatic heterocycles. The van der Waals surface area contributed by atoms with Gasteiger partial charge in [-0.3, -0.25) is 4.79 Å². The maximum atomic E-state index is 12.9. The number of aliphatic hydroxyl groups excluding tert-OH is 7. The summed E-state index contributed by atoms with van der Waals surface area (Å²) in [5, 5.41) is 71.8. The zero-order valence-corrected chi connectivity index (χ0v) is 36.0. The number of allylic oxidation sites excluding steroid dienone is 6. The average molecular weight is 845 g/mol. The Bertz CT molecular complexity index is 1120. The molecule has 11 atom stereocenters. The van der Waals surface area contributed by atoms with Gasteiger partial charge < -0.3 is 64.2 Å². The van der Waals surface area contributed by atoms with E-state index >= 15 is 0 Å². The van der Waals surface area contributed by atoms with Gasteiger partial charge in [-0.05, 0) is 44.9 Å². The van der Waals surface area contributed by atoms with Crippen molar-refractivity contribution in [2.45, 2.75) is 210 Å². The van der Waals surface area contributed by atoms with Crippen molar-refractivity contribution in [2.75, 3.05) is 33.0 Å². The molecule has 0 aromatic rings. The molecule has 2 rings (SSSR count). The van der Waals surface area contributed by atoms with Gasteiger partial charge >= 0.3 is 5.97 Å². The smallest absolute Gasteiger partial charge is 0.306 e. The van der Waals surface area contributed by atoms with Crippen molar-refractivity contribution in [1.29, 1.82) is 0 Å². The molecule has 2 aliphatic rings. The lowest BCUT2D eigenvalue weighted by Crippen LogP contribution is -2.61.